The normalized spacial score (nSPS) is 16.2. The highest BCUT2D eigenvalue weighted by atomic mass is 16.5. The average Bonchev–Trinajstić information content (AvgIpc) is 3.30. The van der Waals surface area contributed by atoms with Crippen LogP contribution in [0.2, 0.25) is 0 Å². The predicted octanol–water partition coefficient (Wildman–Crippen LogP) is 4.49. The largest absolute Gasteiger partial charge is 0.376 e. The summed E-state index contributed by atoms with van der Waals surface area (Å²) >= 11 is 0. The van der Waals surface area contributed by atoms with Crippen molar-refractivity contribution < 1.29 is 4.74 Å². The van der Waals surface area contributed by atoms with Crippen LogP contribution in [0.25, 0.3) is 33.2 Å². The van der Waals surface area contributed by atoms with E-state index in [0.29, 0.717) is 17.4 Å². The number of aromatic nitrogens is 2. The number of nitrogen functional groups attached to an aromatic ring is 1. The van der Waals surface area contributed by atoms with Crippen LogP contribution in [-0.4, -0.2) is 22.3 Å². The quantitative estimate of drug-likeness (QED) is 0.551. The van der Waals surface area contributed by atoms with E-state index in [2.05, 4.69) is 35.3 Å². The Morgan fingerprint density at radius 2 is 1.67 bits per heavy atom. The van der Waals surface area contributed by atoms with Crippen LogP contribution in [0.1, 0.15) is 12.8 Å². The molecule has 0 saturated carbocycles. The lowest BCUT2D eigenvalue weighted by molar-refractivity contribution is 0.0966. The molecular weight excluding hydrogens is 374 g/mol. The highest BCUT2D eigenvalue weighted by molar-refractivity contribution is 5.85. The molecule has 2 N–H and O–H groups in total. The molecule has 1 aromatic heterocycles. The lowest BCUT2D eigenvalue weighted by Crippen LogP contribution is -2.29. The number of anilines is 1. The lowest BCUT2D eigenvalue weighted by Gasteiger charge is -2.15. The van der Waals surface area contributed by atoms with Crippen molar-refractivity contribution in [3.8, 4) is 22.3 Å². The van der Waals surface area contributed by atoms with E-state index in [4.69, 9.17) is 10.5 Å². The molecule has 0 spiro atoms. The van der Waals surface area contributed by atoms with Gasteiger partial charge in [0.2, 0.25) is 5.95 Å². The van der Waals surface area contributed by atoms with Crippen LogP contribution < -0.4 is 11.3 Å². The van der Waals surface area contributed by atoms with Gasteiger partial charge in [0.05, 0.1) is 23.6 Å². The van der Waals surface area contributed by atoms with Crippen LogP contribution in [0.4, 0.5) is 5.95 Å². The molecule has 1 aliphatic heterocycles. The number of nitrogens with zero attached hydrogens (tertiary/aromatic N) is 2. The number of benzene rings is 3. The second-order valence-electron chi connectivity index (χ2n) is 7.70. The van der Waals surface area contributed by atoms with Crippen molar-refractivity contribution in [3.05, 3.63) is 83.2 Å². The summed E-state index contributed by atoms with van der Waals surface area (Å²) < 4.78 is 7.20. The van der Waals surface area contributed by atoms with E-state index in [-0.39, 0.29) is 17.6 Å². The van der Waals surface area contributed by atoms with Crippen LogP contribution >= 0.6 is 0 Å². The van der Waals surface area contributed by atoms with Gasteiger partial charge in [0.25, 0.3) is 5.56 Å². The zero-order valence-electron chi connectivity index (χ0n) is 16.6. The second-order valence-corrected chi connectivity index (χ2v) is 7.70. The molecule has 1 saturated heterocycles. The number of hydrogen-bond donors (Lipinski definition) is 1. The Balaban J connectivity index is 1.53. The molecule has 30 heavy (non-hydrogen) atoms. The third-order valence-electron chi connectivity index (χ3n) is 5.70. The second kappa shape index (κ2) is 7.76. The summed E-state index contributed by atoms with van der Waals surface area (Å²) in [4.78, 5) is 17.5. The monoisotopic (exact) mass is 397 g/mol. The first-order valence-corrected chi connectivity index (χ1v) is 10.3. The maximum Gasteiger partial charge on any atom is 0.262 e. The van der Waals surface area contributed by atoms with Gasteiger partial charge in [0, 0.05) is 6.61 Å². The molecule has 150 valence electrons. The summed E-state index contributed by atoms with van der Waals surface area (Å²) in [6.07, 6.45) is 2.00. The van der Waals surface area contributed by atoms with Crippen molar-refractivity contribution in [1.29, 1.82) is 0 Å². The van der Waals surface area contributed by atoms with Crippen molar-refractivity contribution in [1.82, 2.24) is 9.55 Å². The highest BCUT2D eigenvalue weighted by Gasteiger charge is 2.19. The van der Waals surface area contributed by atoms with Crippen molar-refractivity contribution >= 4 is 16.9 Å². The minimum absolute atomic E-state index is 0.0317. The molecule has 5 heteroatoms. The van der Waals surface area contributed by atoms with E-state index < -0.39 is 0 Å². The van der Waals surface area contributed by atoms with Crippen molar-refractivity contribution in [2.45, 2.75) is 25.5 Å². The minimum Gasteiger partial charge on any atom is -0.376 e. The Labute approximate surface area is 174 Å². The molecule has 4 aromatic rings. The van der Waals surface area contributed by atoms with Gasteiger partial charge in [-0.05, 0) is 53.3 Å². The van der Waals surface area contributed by atoms with E-state index in [0.717, 1.165) is 36.1 Å². The summed E-state index contributed by atoms with van der Waals surface area (Å²) in [7, 11) is 0. The molecule has 0 bridgehead atoms. The number of ether oxygens (including phenoxy) is 1. The third kappa shape index (κ3) is 3.48. The molecule has 3 aromatic carbocycles. The third-order valence-corrected chi connectivity index (χ3v) is 5.70. The summed E-state index contributed by atoms with van der Waals surface area (Å²) in [6, 6.07) is 24.4. The Hall–Kier alpha value is -3.44. The number of hydrogen-bond acceptors (Lipinski definition) is 4. The summed E-state index contributed by atoms with van der Waals surface area (Å²) in [5.41, 5.74) is 11.0. The van der Waals surface area contributed by atoms with Crippen LogP contribution in [0.3, 0.4) is 0 Å². The Bertz CT molecular complexity index is 1260. The first-order chi connectivity index (χ1) is 14.7. The number of fused-ring (bicyclic) bond motifs is 1. The van der Waals surface area contributed by atoms with Gasteiger partial charge in [-0.15, -0.1) is 0 Å². The molecule has 1 atom stereocenters. The van der Waals surface area contributed by atoms with Gasteiger partial charge in [-0.25, -0.2) is 4.98 Å². The van der Waals surface area contributed by atoms with Crippen LogP contribution in [-0.2, 0) is 11.3 Å². The van der Waals surface area contributed by atoms with Gasteiger partial charge in [-0.1, -0.05) is 54.6 Å². The summed E-state index contributed by atoms with van der Waals surface area (Å²) in [5, 5.41) is 0.574. The van der Waals surface area contributed by atoms with Gasteiger partial charge >= 0.3 is 0 Å². The average molecular weight is 397 g/mol. The molecule has 5 rings (SSSR count). The first kappa shape index (κ1) is 18.6. The van der Waals surface area contributed by atoms with E-state index in [1.54, 1.807) is 0 Å². The van der Waals surface area contributed by atoms with Crippen molar-refractivity contribution in [2.75, 3.05) is 12.3 Å². The van der Waals surface area contributed by atoms with E-state index in [9.17, 15) is 4.79 Å². The van der Waals surface area contributed by atoms with Gasteiger partial charge in [0.15, 0.2) is 0 Å². The van der Waals surface area contributed by atoms with Gasteiger partial charge < -0.3 is 10.5 Å². The fourth-order valence-electron chi connectivity index (χ4n) is 4.10. The molecule has 1 fully saturated rings. The standard InChI is InChI=1S/C25H23N3O2/c26-25-27-23-15-20(19-9-4-8-18(14-19)17-6-2-1-3-7-17)11-12-22(23)24(29)28(25)16-21-10-5-13-30-21/h1-4,6-9,11-12,14-15,21H,5,10,13,16H2,(H2,26,27). The van der Waals surface area contributed by atoms with E-state index >= 15 is 0 Å². The molecule has 0 aliphatic carbocycles. The Kier molecular flexibility index (Phi) is 4.81. The highest BCUT2D eigenvalue weighted by Crippen LogP contribution is 2.28. The molecule has 0 radical (unpaired) electrons. The number of rotatable bonds is 4. The topological polar surface area (TPSA) is 70.1 Å². The zero-order valence-corrected chi connectivity index (χ0v) is 16.6. The molecule has 1 unspecified atom stereocenters. The van der Waals surface area contributed by atoms with Gasteiger partial charge in [-0.2, -0.15) is 0 Å². The van der Waals surface area contributed by atoms with Crippen LogP contribution in [0.5, 0.6) is 0 Å². The van der Waals surface area contributed by atoms with E-state index in [1.165, 1.54) is 10.1 Å². The summed E-state index contributed by atoms with van der Waals surface area (Å²) in [6.45, 7) is 1.19. The maximum absolute atomic E-state index is 13.0. The lowest BCUT2D eigenvalue weighted by atomic mass is 9.98. The minimum atomic E-state index is -0.113. The Morgan fingerprint density at radius 1 is 0.933 bits per heavy atom. The van der Waals surface area contributed by atoms with Crippen molar-refractivity contribution in [3.63, 3.8) is 0 Å². The molecule has 5 nitrogen and oxygen atoms in total. The smallest absolute Gasteiger partial charge is 0.262 e. The fraction of sp³-hybridized carbons (Fsp3) is 0.200. The first-order valence-electron chi connectivity index (χ1n) is 10.3. The molecule has 2 heterocycles. The van der Waals surface area contributed by atoms with Crippen LogP contribution in [0.15, 0.2) is 77.6 Å². The van der Waals surface area contributed by atoms with Gasteiger partial charge in [-0.3, -0.25) is 9.36 Å². The summed E-state index contributed by atoms with van der Waals surface area (Å²) in [5.74, 6) is 0.234. The van der Waals surface area contributed by atoms with Crippen molar-refractivity contribution in [2.24, 2.45) is 0 Å². The molecule has 0 amide bonds. The maximum atomic E-state index is 13.0. The van der Waals surface area contributed by atoms with Gasteiger partial charge in [0.1, 0.15) is 0 Å². The van der Waals surface area contributed by atoms with E-state index in [1.807, 2.05) is 42.5 Å². The molecular formula is C25H23N3O2. The van der Waals surface area contributed by atoms with Crippen LogP contribution in [0, 0.1) is 0 Å². The fourth-order valence-corrected chi connectivity index (χ4v) is 4.10. The number of nitrogens with two attached hydrogens (primary N) is 1. The SMILES string of the molecule is Nc1nc2cc(-c3cccc(-c4ccccc4)c3)ccc2c(=O)n1CC1CCCO1. The zero-order chi connectivity index (χ0) is 20.5. The Morgan fingerprint density at radius 3 is 2.43 bits per heavy atom. The molecule has 1 aliphatic rings. The predicted molar refractivity (Wildman–Crippen MR) is 120 cm³/mol.